The van der Waals surface area contributed by atoms with Gasteiger partial charge in [-0.05, 0) is 37.0 Å². The second kappa shape index (κ2) is 10.4. The van der Waals surface area contributed by atoms with E-state index in [0.717, 1.165) is 58.2 Å². The Kier molecular flexibility index (Phi) is 7.15. The number of anilines is 2. The van der Waals surface area contributed by atoms with Crippen LogP contribution in [0.25, 0.3) is 0 Å². The summed E-state index contributed by atoms with van der Waals surface area (Å²) in [4.78, 5) is 20.9. The Morgan fingerprint density at radius 3 is 2.10 bits per heavy atom. The van der Waals surface area contributed by atoms with Crippen molar-refractivity contribution in [2.75, 3.05) is 56.2 Å². The molecule has 0 amide bonds. The fraction of sp³-hybridized carbons (Fsp3) is 0.565. The third-order valence-electron chi connectivity index (χ3n) is 6.02. The molecule has 8 heteroatoms. The fourth-order valence-electron chi connectivity index (χ4n) is 4.25. The summed E-state index contributed by atoms with van der Waals surface area (Å²) in [7, 11) is 1.62. The number of nitriles is 1. The summed E-state index contributed by atoms with van der Waals surface area (Å²) in [6.07, 6.45) is 5.94. The Labute approximate surface area is 184 Å². The lowest BCUT2D eigenvalue weighted by molar-refractivity contribution is 0.285. The van der Waals surface area contributed by atoms with E-state index in [1.165, 1.54) is 31.2 Å². The van der Waals surface area contributed by atoms with Gasteiger partial charge < -0.3 is 14.5 Å². The smallest absolute Gasteiger partial charge is 0.322 e. The van der Waals surface area contributed by atoms with E-state index in [4.69, 9.17) is 15.0 Å². The number of rotatable bonds is 5. The summed E-state index contributed by atoms with van der Waals surface area (Å²) in [5.41, 5.74) is 1.94. The molecule has 164 valence electrons. The largest absolute Gasteiger partial charge is 0.467 e. The maximum Gasteiger partial charge on any atom is 0.322 e. The quantitative estimate of drug-likeness (QED) is 0.729. The van der Waals surface area contributed by atoms with Gasteiger partial charge in [0.15, 0.2) is 0 Å². The Morgan fingerprint density at radius 1 is 0.806 bits per heavy atom. The average molecular weight is 422 g/mol. The first-order valence-corrected chi connectivity index (χ1v) is 11.3. The second-order valence-electron chi connectivity index (χ2n) is 8.25. The molecular weight excluding hydrogens is 390 g/mol. The van der Waals surface area contributed by atoms with Gasteiger partial charge in [-0.3, -0.25) is 4.90 Å². The highest BCUT2D eigenvalue weighted by molar-refractivity contribution is 5.41. The third kappa shape index (κ3) is 5.61. The van der Waals surface area contributed by atoms with Crippen LogP contribution in [0.3, 0.4) is 0 Å². The van der Waals surface area contributed by atoms with Gasteiger partial charge in [-0.25, -0.2) is 0 Å². The van der Waals surface area contributed by atoms with Crippen LogP contribution in [-0.2, 0) is 6.54 Å². The molecule has 0 saturated carbocycles. The molecule has 31 heavy (non-hydrogen) atoms. The first kappa shape index (κ1) is 21.3. The molecule has 0 radical (unpaired) electrons. The maximum atomic E-state index is 8.98. The van der Waals surface area contributed by atoms with Gasteiger partial charge in [-0.2, -0.15) is 20.2 Å². The molecule has 0 aliphatic carbocycles. The monoisotopic (exact) mass is 421 g/mol. The molecule has 2 fully saturated rings. The molecule has 3 heterocycles. The minimum absolute atomic E-state index is 0.392. The Balaban J connectivity index is 1.44. The van der Waals surface area contributed by atoms with Gasteiger partial charge in [0.25, 0.3) is 0 Å². The van der Waals surface area contributed by atoms with Crippen molar-refractivity contribution >= 4 is 11.9 Å². The van der Waals surface area contributed by atoms with E-state index in [0.29, 0.717) is 17.5 Å². The van der Waals surface area contributed by atoms with Gasteiger partial charge in [0.05, 0.1) is 18.7 Å². The van der Waals surface area contributed by atoms with Crippen molar-refractivity contribution in [3.05, 3.63) is 35.4 Å². The third-order valence-corrected chi connectivity index (χ3v) is 6.02. The van der Waals surface area contributed by atoms with Gasteiger partial charge in [0.2, 0.25) is 11.9 Å². The molecule has 2 aliphatic heterocycles. The van der Waals surface area contributed by atoms with Crippen LogP contribution >= 0.6 is 0 Å². The highest BCUT2D eigenvalue weighted by atomic mass is 16.5. The van der Waals surface area contributed by atoms with E-state index < -0.39 is 0 Å². The average Bonchev–Trinajstić information content (AvgIpc) is 3.23. The van der Waals surface area contributed by atoms with E-state index in [9.17, 15) is 0 Å². The SMILES string of the molecule is COc1nc(N2CCCCCC2)nc(N2CCCN(Cc3ccc(C#N)cc3)CC2)n1. The van der Waals surface area contributed by atoms with Crippen LogP contribution in [0.4, 0.5) is 11.9 Å². The molecular formula is C23H31N7O. The number of methoxy groups -OCH3 is 1. The van der Waals surface area contributed by atoms with Crippen molar-refractivity contribution in [3.8, 4) is 12.1 Å². The fourth-order valence-corrected chi connectivity index (χ4v) is 4.25. The first-order chi connectivity index (χ1) is 15.2. The van der Waals surface area contributed by atoms with E-state index in [1.807, 2.05) is 24.3 Å². The molecule has 0 bridgehead atoms. The van der Waals surface area contributed by atoms with Crippen LogP contribution in [0.1, 0.15) is 43.2 Å². The number of ether oxygens (including phenoxy) is 1. The number of benzene rings is 1. The molecule has 0 atom stereocenters. The molecule has 2 aliphatic rings. The van der Waals surface area contributed by atoms with Crippen LogP contribution in [0, 0.1) is 11.3 Å². The summed E-state index contributed by atoms with van der Waals surface area (Å²) >= 11 is 0. The lowest BCUT2D eigenvalue weighted by Gasteiger charge is -2.25. The van der Waals surface area contributed by atoms with Crippen molar-refractivity contribution in [3.63, 3.8) is 0 Å². The van der Waals surface area contributed by atoms with Gasteiger partial charge in [-0.1, -0.05) is 25.0 Å². The van der Waals surface area contributed by atoms with Gasteiger partial charge in [-0.15, -0.1) is 0 Å². The lowest BCUT2D eigenvalue weighted by Crippen LogP contribution is -2.33. The molecule has 1 aromatic heterocycles. The Bertz CT molecular complexity index is 888. The zero-order chi connectivity index (χ0) is 21.5. The summed E-state index contributed by atoms with van der Waals surface area (Å²) in [6, 6.07) is 10.4. The minimum atomic E-state index is 0.392. The van der Waals surface area contributed by atoms with Crippen molar-refractivity contribution in [1.82, 2.24) is 19.9 Å². The van der Waals surface area contributed by atoms with Gasteiger partial charge >= 0.3 is 6.01 Å². The minimum Gasteiger partial charge on any atom is -0.467 e. The van der Waals surface area contributed by atoms with Crippen LogP contribution in [0.5, 0.6) is 6.01 Å². The van der Waals surface area contributed by atoms with Crippen LogP contribution in [0.2, 0.25) is 0 Å². The number of hydrogen-bond donors (Lipinski definition) is 0. The number of aromatic nitrogens is 3. The van der Waals surface area contributed by atoms with Crippen molar-refractivity contribution in [2.45, 2.75) is 38.6 Å². The number of hydrogen-bond acceptors (Lipinski definition) is 8. The standard InChI is InChI=1S/C23H31N7O/c1-31-23-26-21(29-12-4-2-3-5-13-29)25-22(27-23)30-14-6-11-28(15-16-30)18-20-9-7-19(17-24)8-10-20/h7-10H,2-6,11-16,18H2,1H3. The van der Waals surface area contributed by atoms with Crippen LogP contribution in [0.15, 0.2) is 24.3 Å². The predicted octanol–water partition coefficient (Wildman–Crippen LogP) is 2.84. The van der Waals surface area contributed by atoms with Crippen LogP contribution < -0.4 is 14.5 Å². The Morgan fingerprint density at radius 2 is 1.45 bits per heavy atom. The van der Waals surface area contributed by atoms with Crippen molar-refractivity contribution < 1.29 is 4.74 Å². The topological polar surface area (TPSA) is 81.4 Å². The summed E-state index contributed by atoms with van der Waals surface area (Å²) in [5.74, 6) is 1.45. The highest BCUT2D eigenvalue weighted by Crippen LogP contribution is 2.22. The first-order valence-electron chi connectivity index (χ1n) is 11.3. The van der Waals surface area contributed by atoms with Crippen molar-refractivity contribution in [1.29, 1.82) is 5.26 Å². The zero-order valence-electron chi connectivity index (χ0n) is 18.3. The molecule has 1 aromatic carbocycles. The summed E-state index contributed by atoms with van der Waals surface area (Å²) in [5, 5.41) is 8.98. The molecule has 2 saturated heterocycles. The maximum absolute atomic E-state index is 8.98. The highest BCUT2D eigenvalue weighted by Gasteiger charge is 2.21. The van der Waals surface area contributed by atoms with Gasteiger partial charge in [0, 0.05) is 45.8 Å². The molecule has 0 N–H and O–H groups in total. The van der Waals surface area contributed by atoms with E-state index >= 15 is 0 Å². The lowest BCUT2D eigenvalue weighted by atomic mass is 10.1. The normalized spacial score (nSPS) is 18.2. The van der Waals surface area contributed by atoms with Crippen molar-refractivity contribution in [2.24, 2.45) is 0 Å². The van der Waals surface area contributed by atoms with Gasteiger partial charge in [0.1, 0.15) is 0 Å². The molecule has 4 rings (SSSR count). The second-order valence-corrected chi connectivity index (χ2v) is 8.25. The predicted molar refractivity (Wildman–Crippen MR) is 120 cm³/mol. The summed E-state index contributed by atoms with van der Waals surface area (Å²) < 4.78 is 5.41. The number of nitrogens with zero attached hydrogens (tertiary/aromatic N) is 7. The zero-order valence-corrected chi connectivity index (χ0v) is 18.3. The Hall–Kier alpha value is -2.92. The van der Waals surface area contributed by atoms with E-state index in [1.54, 1.807) is 7.11 Å². The molecule has 2 aromatic rings. The summed E-state index contributed by atoms with van der Waals surface area (Å²) in [6.45, 7) is 6.61. The molecule has 0 unspecified atom stereocenters. The molecule has 8 nitrogen and oxygen atoms in total. The van der Waals surface area contributed by atoms with E-state index in [2.05, 4.69) is 30.7 Å². The van der Waals surface area contributed by atoms with E-state index in [-0.39, 0.29) is 0 Å². The molecule has 0 spiro atoms. The van der Waals surface area contributed by atoms with Crippen LogP contribution in [-0.4, -0.2) is 66.2 Å².